The average Bonchev–Trinajstić information content (AvgIpc) is 2.70. The number of carbonyl (C=O) groups is 1. The number of aliphatic imine (C=N–C) groups is 2. The number of carboxylic acid groups (broad SMARTS) is 1. The lowest BCUT2D eigenvalue weighted by molar-refractivity contribution is 0.0698. The standard InChI is InChI=1S/C21H23ClN6O2/c22-14-8-2-3-9-15(14)25-17-13(18(29)30)7-6-10-16(17)28-20(24)26-19(23)27-21(28)11-4-1-5-12-21/h2-3,6-10,25H,1,4-5,11-12H2,(H,29,30)(H4,23,24,26,27). The number of guanidine groups is 2. The lowest BCUT2D eigenvalue weighted by Gasteiger charge is -2.46. The molecule has 8 nitrogen and oxygen atoms in total. The topological polar surface area (TPSA) is 129 Å². The van der Waals surface area contributed by atoms with Gasteiger partial charge in [0.25, 0.3) is 0 Å². The van der Waals surface area contributed by atoms with Crippen molar-refractivity contribution >= 4 is 46.6 Å². The van der Waals surface area contributed by atoms with E-state index in [0.717, 1.165) is 32.1 Å². The molecule has 2 aliphatic rings. The second-order valence-corrected chi connectivity index (χ2v) is 7.84. The molecule has 0 bridgehead atoms. The maximum atomic E-state index is 12.0. The summed E-state index contributed by atoms with van der Waals surface area (Å²) in [7, 11) is 0. The number of benzene rings is 2. The molecule has 30 heavy (non-hydrogen) atoms. The zero-order chi connectivity index (χ0) is 21.3. The molecule has 9 heteroatoms. The van der Waals surface area contributed by atoms with Crippen LogP contribution in [0.1, 0.15) is 42.5 Å². The summed E-state index contributed by atoms with van der Waals surface area (Å²) in [6.45, 7) is 0. The van der Waals surface area contributed by atoms with Gasteiger partial charge in [-0.05, 0) is 49.9 Å². The van der Waals surface area contributed by atoms with Crippen LogP contribution < -0.4 is 21.7 Å². The monoisotopic (exact) mass is 426 g/mol. The van der Waals surface area contributed by atoms with Gasteiger partial charge >= 0.3 is 5.97 Å². The molecule has 0 atom stereocenters. The highest BCUT2D eigenvalue weighted by Crippen LogP contribution is 2.44. The van der Waals surface area contributed by atoms with E-state index in [4.69, 9.17) is 23.1 Å². The Morgan fingerprint density at radius 3 is 2.53 bits per heavy atom. The first-order valence-corrected chi connectivity index (χ1v) is 10.2. The van der Waals surface area contributed by atoms with Gasteiger partial charge in [0.2, 0.25) is 11.9 Å². The van der Waals surface area contributed by atoms with Crippen LogP contribution in [0.3, 0.4) is 0 Å². The third-order valence-corrected chi connectivity index (χ3v) is 5.83. The van der Waals surface area contributed by atoms with Gasteiger partial charge in [0, 0.05) is 0 Å². The Kier molecular flexibility index (Phi) is 5.26. The fourth-order valence-electron chi connectivity index (χ4n) is 4.20. The molecular weight excluding hydrogens is 404 g/mol. The van der Waals surface area contributed by atoms with Gasteiger partial charge in [0.05, 0.1) is 27.6 Å². The number of nitrogens with two attached hydrogens (primary N) is 2. The molecule has 1 spiro atoms. The van der Waals surface area contributed by atoms with Crippen LogP contribution in [0.2, 0.25) is 5.02 Å². The molecule has 1 heterocycles. The molecule has 0 unspecified atom stereocenters. The third kappa shape index (κ3) is 3.54. The van der Waals surface area contributed by atoms with Crippen molar-refractivity contribution in [3.05, 3.63) is 53.1 Å². The second-order valence-electron chi connectivity index (χ2n) is 7.43. The molecule has 0 saturated heterocycles. The van der Waals surface area contributed by atoms with Crippen molar-refractivity contribution in [2.45, 2.75) is 37.8 Å². The molecule has 0 radical (unpaired) electrons. The summed E-state index contributed by atoms with van der Waals surface area (Å²) >= 11 is 6.32. The number of carboxylic acids is 1. The molecule has 0 amide bonds. The number of nitrogens with zero attached hydrogens (tertiary/aromatic N) is 3. The molecule has 1 saturated carbocycles. The van der Waals surface area contributed by atoms with Gasteiger partial charge in [0.1, 0.15) is 5.66 Å². The van der Waals surface area contributed by atoms with Gasteiger partial charge in [-0.3, -0.25) is 4.90 Å². The lowest BCUT2D eigenvalue weighted by Crippen LogP contribution is -2.58. The van der Waals surface area contributed by atoms with Gasteiger partial charge in [-0.1, -0.05) is 36.2 Å². The maximum Gasteiger partial charge on any atom is 0.337 e. The van der Waals surface area contributed by atoms with Gasteiger partial charge in [-0.2, -0.15) is 4.99 Å². The van der Waals surface area contributed by atoms with Crippen LogP contribution in [0.15, 0.2) is 52.4 Å². The summed E-state index contributed by atoms with van der Waals surface area (Å²) in [4.78, 5) is 22.7. The Morgan fingerprint density at radius 1 is 1.10 bits per heavy atom. The number of nitrogens with one attached hydrogen (secondary N) is 1. The lowest BCUT2D eigenvalue weighted by atomic mass is 9.87. The number of hydrogen-bond donors (Lipinski definition) is 4. The predicted octanol–water partition coefficient (Wildman–Crippen LogP) is 3.89. The third-order valence-electron chi connectivity index (χ3n) is 5.50. The molecule has 1 aliphatic carbocycles. The Hall–Kier alpha value is -3.26. The van der Waals surface area contributed by atoms with E-state index in [0.29, 0.717) is 22.1 Å². The zero-order valence-corrected chi connectivity index (χ0v) is 17.1. The summed E-state index contributed by atoms with van der Waals surface area (Å²) < 4.78 is 0. The summed E-state index contributed by atoms with van der Waals surface area (Å²) in [5.41, 5.74) is 13.2. The first-order chi connectivity index (χ1) is 14.4. The first kappa shape index (κ1) is 20.0. The van der Waals surface area contributed by atoms with Crippen molar-refractivity contribution in [3.63, 3.8) is 0 Å². The minimum Gasteiger partial charge on any atom is -0.478 e. The minimum atomic E-state index is -1.07. The van der Waals surface area contributed by atoms with Gasteiger partial charge in [-0.15, -0.1) is 0 Å². The molecule has 6 N–H and O–H groups in total. The molecule has 2 aromatic carbocycles. The van der Waals surface area contributed by atoms with E-state index in [2.05, 4.69) is 15.3 Å². The summed E-state index contributed by atoms with van der Waals surface area (Å²) in [5.74, 6) is -0.741. The van der Waals surface area contributed by atoms with E-state index in [1.165, 1.54) is 6.07 Å². The number of aromatic carboxylic acids is 1. The molecule has 156 valence electrons. The van der Waals surface area contributed by atoms with Gasteiger partial charge < -0.3 is 21.9 Å². The van der Waals surface area contributed by atoms with Crippen LogP contribution >= 0.6 is 11.6 Å². The van der Waals surface area contributed by atoms with Crippen molar-refractivity contribution in [2.24, 2.45) is 21.5 Å². The maximum absolute atomic E-state index is 12.0. The smallest absolute Gasteiger partial charge is 0.337 e. The summed E-state index contributed by atoms with van der Waals surface area (Å²) in [6.07, 6.45) is 4.51. The Morgan fingerprint density at radius 2 is 1.83 bits per heavy atom. The minimum absolute atomic E-state index is 0.0914. The van der Waals surface area contributed by atoms with Crippen LogP contribution in [0.5, 0.6) is 0 Å². The van der Waals surface area contributed by atoms with Crippen LogP contribution in [0.25, 0.3) is 0 Å². The van der Waals surface area contributed by atoms with Crippen LogP contribution in [0, 0.1) is 0 Å². The van der Waals surface area contributed by atoms with E-state index < -0.39 is 11.6 Å². The van der Waals surface area contributed by atoms with Crippen LogP contribution in [-0.4, -0.2) is 28.7 Å². The van der Waals surface area contributed by atoms with Gasteiger partial charge in [0.15, 0.2) is 0 Å². The number of halogens is 1. The highest BCUT2D eigenvalue weighted by atomic mass is 35.5. The van der Waals surface area contributed by atoms with E-state index in [-0.39, 0.29) is 17.5 Å². The van der Waals surface area contributed by atoms with Gasteiger partial charge in [-0.25, -0.2) is 9.79 Å². The highest BCUT2D eigenvalue weighted by Gasteiger charge is 2.43. The summed E-state index contributed by atoms with van der Waals surface area (Å²) in [5, 5.41) is 13.5. The fourth-order valence-corrected chi connectivity index (χ4v) is 4.39. The molecular formula is C21H23ClN6O2. The van der Waals surface area contributed by atoms with Crippen molar-refractivity contribution in [2.75, 3.05) is 10.2 Å². The Bertz CT molecular complexity index is 1050. The quantitative estimate of drug-likeness (QED) is 0.586. The molecule has 1 aliphatic heterocycles. The SMILES string of the molecule is NC1=NC2(CCCCC2)N(c2cccc(C(=O)O)c2Nc2ccccc2Cl)C(N)=N1. The summed E-state index contributed by atoms with van der Waals surface area (Å²) in [6, 6.07) is 12.2. The second kappa shape index (κ2) is 7.87. The Labute approximate surface area is 179 Å². The zero-order valence-electron chi connectivity index (χ0n) is 16.3. The first-order valence-electron chi connectivity index (χ1n) is 9.79. The fraction of sp³-hybridized carbons (Fsp3) is 0.286. The van der Waals surface area contributed by atoms with Crippen LogP contribution in [-0.2, 0) is 0 Å². The normalized spacial score (nSPS) is 18.0. The number of hydrogen-bond acceptors (Lipinski definition) is 7. The van der Waals surface area contributed by atoms with Crippen molar-refractivity contribution in [1.82, 2.24) is 0 Å². The molecule has 4 rings (SSSR count). The van der Waals surface area contributed by atoms with Crippen molar-refractivity contribution in [1.29, 1.82) is 0 Å². The number of para-hydroxylation sites is 2. The number of anilines is 3. The molecule has 0 aromatic heterocycles. The van der Waals surface area contributed by atoms with Crippen molar-refractivity contribution in [3.8, 4) is 0 Å². The Balaban J connectivity index is 1.89. The van der Waals surface area contributed by atoms with E-state index in [1.54, 1.807) is 30.3 Å². The largest absolute Gasteiger partial charge is 0.478 e. The molecule has 1 fully saturated rings. The number of rotatable bonds is 4. The van der Waals surface area contributed by atoms with E-state index in [1.807, 2.05) is 11.0 Å². The predicted molar refractivity (Wildman–Crippen MR) is 120 cm³/mol. The average molecular weight is 427 g/mol. The van der Waals surface area contributed by atoms with E-state index in [9.17, 15) is 9.90 Å². The molecule has 2 aromatic rings. The van der Waals surface area contributed by atoms with Crippen LogP contribution in [0.4, 0.5) is 17.1 Å². The van der Waals surface area contributed by atoms with E-state index >= 15 is 0 Å². The highest BCUT2D eigenvalue weighted by molar-refractivity contribution is 6.33. The van der Waals surface area contributed by atoms with Crippen molar-refractivity contribution < 1.29 is 9.90 Å².